The Kier molecular flexibility index (Phi) is 7.34. The molecule has 2 amide bonds. The molecule has 0 bridgehead atoms. The first kappa shape index (κ1) is 25.3. The molecule has 0 atom stereocenters. The monoisotopic (exact) mass is 480 g/mol. The van der Waals surface area contributed by atoms with Crippen molar-refractivity contribution >= 4 is 52.5 Å². The average Bonchev–Trinajstić information content (AvgIpc) is 3.57. The molecule has 3 aromatic rings. The third-order valence-corrected chi connectivity index (χ3v) is 5.31. The number of carbonyl (C=O) groups excluding carboxylic acids is 2. The van der Waals surface area contributed by atoms with E-state index in [4.69, 9.17) is 34.0 Å². The first-order valence-electron chi connectivity index (χ1n) is 11.2. The van der Waals surface area contributed by atoms with E-state index in [9.17, 15) is 9.59 Å². The lowest BCUT2D eigenvalue weighted by Gasteiger charge is -2.23. The zero-order valence-corrected chi connectivity index (χ0v) is 19.7. The predicted molar refractivity (Wildman–Crippen MR) is 137 cm³/mol. The first-order chi connectivity index (χ1) is 17.2. The quantitative estimate of drug-likeness (QED) is 0.302. The van der Waals surface area contributed by atoms with Crippen LogP contribution >= 0.6 is 0 Å². The zero-order valence-electron chi connectivity index (χ0n) is 19.7. The number of nitrogens with zero attached hydrogens (tertiary/aromatic N) is 4. The summed E-state index contributed by atoms with van der Waals surface area (Å²) < 4.78 is 5.68. The van der Waals surface area contributed by atoms with Crippen molar-refractivity contribution in [2.45, 2.75) is 24.6 Å². The van der Waals surface area contributed by atoms with E-state index in [1.807, 2.05) is 6.07 Å². The standard InChI is InChI=1S/C22H23B3N8O3/c1-36-19-13(17-11-28-33(32-17)8-7-26)3-2-4-15(19)29-16-9-18(30-20(34)12-5-6-12)27-10-14(16)21(35)31-22(23,24)25/h2-4,9-12H,5-8,26H2,1H3,(H,31,35)(H2,27,29,30,34). The van der Waals surface area contributed by atoms with E-state index in [1.54, 1.807) is 18.3 Å². The van der Waals surface area contributed by atoms with Crippen molar-refractivity contribution in [2.75, 3.05) is 24.3 Å². The van der Waals surface area contributed by atoms with Gasteiger partial charge >= 0.3 is 0 Å². The number of para-hydroxylation sites is 1. The van der Waals surface area contributed by atoms with E-state index < -0.39 is 11.1 Å². The second-order valence-corrected chi connectivity index (χ2v) is 8.39. The van der Waals surface area contributed by atoms with Crippen molar-refractivity contribution in [1.29, 1.82) is 0 Å². The molecule has 6 radical (unpaired) electrons. The predicted octanol–water partition coefficient (Wildman–Crippen LogP) is 0.246. The highest BCUT2D eigenvalue weighted by molar-refractivity contribution is 6.60. The van der Waals surface area contributed by atoms with Gasteiger partial charge in [0.2, 0.25) is 5.91 Å². The molecule has 0 aliphatic heterocycles. The number of amides is 2. The van der Waals surface area contributed by atoms with Crippen LogP contribution in [0.4, 0.5) is 17.2 Å². The van der Waals surface area contributed by atoms with Crippen molar-refractivity contribution in [3.05, 3.63) is 42.2 Å². The number of benzene rings is 1. The molecule has 1 fully saturated rings. The largest absolute Gasteiger partial charge is 0.494 e. The molecule has 11 nitrogen and oxygen atoms in total. The Hall–Kier alpha value is -3.80. The van der Waals surface area contributed by atoms with Gasteiger partial charge in [-0.15, -0.1) is 0 Å². The maximum absolute atomic E-state index is 12.8. The normalized spacial score (nSPS) is 13.2. The van der Waals surface area contributed by atoms with Crippen LogP contribution < -0.4 is 26.4 Å². The summed E-state index contributed by atoms with van der Waals surface area (Å²) in [5.74, 6) is -0.101. The summed E-state index contributed by atoms with van der Waals surface area (Å²) >= 11 is 0. The Labute approximate surface area is 212 Å². The highest BCUT2D eigenvalue weighted by Crippen LogP contribution is 2.38. The van der Waals surface area contributed by atoms with Gasteiger partial charge in [0.05, 0.1) is 60.3 Å². The van der Waals surface area contributed by atoms with Gasteiger partial charge < -0.3 is 26.4 Å². The summed E-state index contributed by atoms with van der Waals surface area (Å²) in [5, 5.41) is 15.0. The van der Waals surface area contributed by atoms with Gasteiger partial charge in [-0.2, -0.15) is 15.0 Å². The number of rotatable bonds is 10. The highest BCUT2D eigenvalue weighted by Gasteiger charge is 2.30. The number of nitrogens with two attached hydrogens (primary N) is 1. The van der Waals surface area contributed by atoms with Crippen LogP contribution in [0.3, 0.4) is 0 Å². The minimum atomic E-state index is -1.94. The average molecular weight is 480 g/mol. The van der Waals surface area contributed by atoms with E-state index in [1.165, 1.54) is 24.2 Å². The van der Waals surface area contributed by atoms with E-state index in [0.29, 0.717) is 41.5 Å². The fraction of sp³-hybridized carbons (Fsp3) is 0.318. The van der Waals surface area contributed by atoms with E-state index in [0.717, 1.165) is 12.8 Å². The molecule has 1 aromatic carbocycles. The molecule has 2 aromatic heterocycles. The Morgan fingerprint density at radius 1 is 1.22 bits per heavy atom. The first-order valence-corrected chi connectivity index (χ1v) is 11.2. The molecule has 4 rings (SSSR count). The van der Waals surface area contributed by atoms with Crippen LogP contribution in [0.2, 0.25) is 0 Å². The lowest BCUT2D eigenvalue weighted by Crippen LogP contribution is -2.50. The van der Waals surface area contributed by atoms with E-state index in [-0.39, 0.29) is 23.2 Å². The molecule has 36 heavy (non-hydrogen) atoms. The van der Waals surface area contributed by atoms with Crippen LogP contribution in [0.5, 0.6) is 5.75 Å². The molecule has 0 spiro atoms. The van der Waals surface area contributed by atoms with Crippen LogP contribution in [-0.2, 0) is 11.3 Å². The number of anilines is 3. The molecular formula is C22H23B3N8O3. The second-order valence-electron chi connectivity index (χ2n) is 8.39. The molecule has 14 heteroatoms. The fourth-order valence-electron chi connectivity index (χ4n) is 3.49. The van der Waals surface area contributed by atoms with Crippen LogP contribution in [0.15, 0.2) is 36.7 Å². The Morgan fingerprint density at radius 2 is 2.00 bits per heavy atom. The van der Waals surface area contributed by atoms with E-state index in [2.05, 4.69) is 31.1 Å². The second kappa shape index (κ2) is 10.4. The lowest BCUT2D eigenvalue weighted by molar-refractivity contribution is -0.117. The summed E-state index contributed by atoms with van der Waals surface area (Å²) in [6.07, 6.45) is 4.57. The summed E-state index contributed by atoms with van der Waals surface area (Å²) in [6, 6.07) is 6.91. The van der Waals surface area contributed by atoms with Gasteiger partial charge in [0, 0.05) is 30.3 Å². The number of ether oxygens (including phenoxy) is 1. The molecule has 5 N–H and O–H groups in total. The summed E-state index contributed by atoms with van der Waals surface area (Å²) in [6.45, 7) is 0.866. The number of hydrogen-bond acceptors (Lipinski definition) is 8. The number of aromatic nitrogens is 4. The number of nitrogens with one attached hydrogen (secondary N) is 3. The van der Waals surface area contributed by atoms with Crippen molar-refractivity contribution in [3.63, 3.8) is 0 Å². The van der Waals surface area contributed by atoms with Crippen molar-refractivity contribution in [1.82, 2.24) is 25.3 Å². The van der Waals surface area contributed by atoms with Gasteiger partial charge in [0.15, 0.2) is 5.75 Å². The summed E-state index contributed by atoms with van der Waals surface area (Å²) in [7, 11) is 18.2. The van der Waals surface area contributed by atoms with Crippen molar-refractivity contribution in [2.24, 2.45) is 11.7 Å². The Bertz CT molecular complexity index is 1270. The third-order valence-electron chi connectivity index (χ3n) is 5.31. The summed E-state index contributed by atoms with van der Waals surface area (Å²) in [4.78, 5) is 30.8. The molecule has 178 valence electrons. The summed E-state index contributed by atoms with van der Waals surface area (Å²) in [5.41, 5.74) is 7.74. The van der Waals surface area contributed by atoms with Crippen LogP contribution in [0.25, 0.3) is 11.3 Å². The topological polar surface area (TPSA) is 149 Å². The smallest absolute Gasteiger partial charge is 0.253 e. The molecule has 0 unspecified atom stereocenters. The minimum Gasteiger partial charge on any atom is -0.494 e. The van der Waals surface area contributed by atoms with Gasteiger partial charge in [0.25, 0.3) is 5.91 Å². The van der Waals surface area contributed by atoms with Crippen molar-refractivity contribution in [3.8, 4) is 17.0 Å². The van der Waals surface area contributed by atoms with Gasteiger partial charge in [-0.05, 0) is 25.0 Å². The third kappa shape index (κ3) is 6.06. The van der Waals surface area contributed by atoms with Crippen LogP contribution in [0.1, 0.15) is 23.2 Å². The maximum atomic E-state index is 12.8. The Morgan fingerprint density at radius 3 is 2.67 bits per heavy atom. The van der Waals surface area contributed by atoms with Gasteiger partial charge in [-0.25, -0.2) is 4.98 Å². The van der Waals surface area contributed by atoms with Crippen molar-refractivity contribution < 1.29 is 14.3 Å². The number of methoxy groups -OCH3 is 1. The van der Waals surface area contributed by atoms with E-state index >= 15 is 0 Å². The highest BCUT2D eigenvalue weighted by atomic mass is 16.5. The maximum Gasteiger partial charge on any atom is 0.253 e. The minimum absolute atomic E-state index is 0.0250. The molecule has 0 saturated heterocycles. The molecular weight excluding hydrogens is 457 g/mol. The van der Waals surface area contributed by atoms with Gasteiger partial charge in [0.1, 0.15) is 11.5 Å². The molecule has 1 aliphatic carbocycles. The number of pyridine rings is 1. The number of hydrogen-bond donors (Lipinski definition) is 4. The van der Waals surface area contributed by atoms with Gasteiger partial charge in [-0.1, -0.05) is 11.3 Å². The number of carbonyl (C=O) groups is 2. The molecule has 2 heterocycles. The fourth-order valence-corrected chi connectivity index (χ4v) is 3.49. The zero-order chi connectivity index (χ0) is 25.9. The van der Waals surface area contributed by atoms with Gasteiger partial charge in [-0.3, -0.25) is 9.59 Å². The van der Waals surface area contributed by atoms with Crippen LogP contribution in [0, 0.1) is 5.92 Å². The van der Waals surface area contributed by atoms with Crippen LogP contribution in [-0.4, -0.2) is 74.2 Å². The molecule has 1 saturated carbocycles. The lowest BCUT2D eigenvalue weighted by atomic mass is 9.49. The molecule has 1 aliphatic rings. The SMILES string of the molecule is [B]C([B])([B])NC(=O)c1cnc(NC(=O)C2CC2)cc1Nc1cccc(-c2cnn(CCN)n2)c1OC. The Balaban J connectivity index is 1.70.